The Labute approximate surface area is 188 Å². The zero-order chi connectivity index (χ0) is 22.5. The van der Waals surface area contributed by atoms with Gasteiger partial charge in [-0.2, -0.15) is 0 Å². The molecule has 0 radical (unpaired) electrons. The molecule has 0 atom stereocenters. The second-order valence-electron chi connectivity index (χ2n) is 6.88. The molecule has 4 rings (SSSR count). The predicted molar refractivity (Wildman–Crippen MR) is 117 cm³/mol. The molecule has 0 bridgehead atoms. The van der Waals surface area contributed by atoms with Crippen LogP contribution in [-0.2, 0) is 11.2 Å². The van der Waals surface area contributed by atoms with Crippen LogP contribution >= 0.6 is 11.3 Å². The van der Waals surface area contributed by atoms with Crippen molar-refractivity contribution in [2.24, 2.45) is 0 Å². The fourth-order valence-corrected chi connectivity index (χ4v) is 3.91. The molecule has 0 unspecified atom stereocenters. The number of ether oxygens (including phenoxy) is 2. The van der Waals surface area contributed by atoms with E-state index in [1.807, 2.05) is 24.3 Å². The average molecular weight is 452 g/mol. The molecular formula is C22H20N4O5S. The maximum atomic E-state index is 12.4. The number of carbonyl (C=O) groups excluding carboxylic acids is 3. The molecule has 3 amide bonds. The lowest BCUT2D eigenvalue weighted by Gasteiger charge is -2.12. The molecule has 1 N–H and O–H groups in total. The number of benzene rings is 2. The Bertz CT molecular complexity index is 1110. The van der Waals surface area contributed by atoms with E-state index in [0.717, 1.165) is 16.4 Å². The topological polar surface area (TPSA) is 111 Å². The molecule has 1 aromatic heterocycles. The Morgan fingerprint density at radius 3 is 2.31 bits per heavy atom. The smallest absolute Gasteiger partial charge is 0.261 e. The first kappa shape index (κ1) is 21.4. The first-order valence-electron chi connectivity index (χ1n) is 9.89. The van der Waals surface area contributed by atoms with Crippen LogP contribution in [-0.4, -0.2) is 53.1 Å². The molecule has 32 heavy (non-hydrogen) atoms. The zero-order valence-corrected chi connectivity index (χ0v) is 18.1. The third kappa shape index (κ3) is 4.75. The first-order chi connectivity index (χ1) is 15.5. The van der Waals surface area contributed by atoms with Crippen LogP contribution in [0.15, 0.2) is 48.5 Å². The van der Waals surface area contributed by atoms with E-state index in [1.54, 1.807) is 31.4 Å². The SMILES string of the molecule is COc1ccc(OCCc2nnc(NC(=O)CCN3C(=O)c4ccccc4C3=O)s2)cc1. The lowest BCUT2D eigenvalue weighted by molar-refractivity contribution is -0.116. The number of nitrogens with zero attached hydrogens (tertiary/aromatic N) is 3. The summed E-state index contributed by atoms with van der Waals surface area (Å²) in [6.45, 7) is 0.411. The van der Waals surface area contributed by atoms with Crippen molar-refractivity contribution in [3.05, 3.63) is 64.7 Å². The number of carbonyl (C=O) groups is 3. The van der Waals surface area contributed by atoms with Crippen LogP contribution in [0.1, 0.15) is 32.1 Å². The Balaban J connectivity index is 1.22. The van der Waals surface area contributed by atoms with Crippen molar-refractivity contribution in [1.82, 2.24) is 15.1 Å². The quantitative estimate of drug-likeness (QED) is 0.497. The van der Waals surface area contributed by atoms with Gasteiger partial charge in [0, 0.05) is 19.4 Å². The van der Waals surface area contributed by atoms with E-state index < -0.39 is 0 Å². The Hall–Kier alpha value is -3.79. The molecule has 0 saturated carbocycles. The van der Waals surface area contributed by atoms with Crippen molar-refractivity contribution in [2.45, 2.75) is 12.8 Å². The van der Waals surface area contributed by atoms with E-state index in [4.69, 9.17) is 9.47 Å². The van der Waals surface area contributed by atoms with Crippen LogP contribution in [0.3, 0.4) is 0 Å². The first-order valence-corrected chi connectivity index (χ1v) is 10.7. The van der Waals surface area contributed by atoms with Gasteiger partial charge in [0.05, 0.1) is 24.8 Å². The Kier molecular flexibility index (Phi) is 6.41. The molecule has 1 aliphatic rings. The minimum atomic E-state index is -0.381. The van der Waals surface area contributed by atoms with Crippen LogP contribution in [0, 0.1) is 0 Å². The van der Waals surface area contributed by atoms with Gasteiger partial charge in [0.15, 0.2) is 0 Å². The largest absolute Gasteiger partial charge is 0.497 e. The highest BCUT2D eigenvalue weighted by Crippen LogP contribution is 2.23. The van der Waals surface area contributed by atoms with E-state index in [0.29, 0.717) is 34.3 Å². The van der Waals surface area contributed by atoms with Crippen LogP contribution in [0.25, 0.3) is 0 Å². The van der Waals surface area contributed by atoms with Crippen molar-refractivity contribution in [2.75, 3.05) is 25.6 Å². The Morgan fingerprint density at radius 1 is 1.00 bits per heavy atom. The number of fused-ring (bicyclic) bond motifs is 1. The molecule has 164 valence electrons. The van der Waals surface area contributed by atoms with E-state index in [-0.39, 0.29) is 30.7 Å². The number of rotatable bonds is 9. The van der Waals surface area contributed by atoms with Crippen molar-refractivity contribution in [3.8, 4) is 11.5 Å². The molecule has 10 heteroatoms. The van der Waals surface area contributed by atoms with Crippen LogP contribution in [0.5, 0.6) is 11.5 Å². The summed E-state index contributed by atoms with van der Waals surface area (Å²) in [6.07, 6.45) is 0.509. The van der Waals surface area contributed by atoms with Gasteiger partial charge in [0.25, 0.3) is 11.8 Å². The lowest BCUT2D eigenvalue weighted by Crippen LogP contribution is -2.32. The molecule has 0 aliphatic carbocycles. The maximum absolute atomic E-state index is 12.4. The number of aromatic nitrogens is 2. The maximum Gasteiger partial charge on any atom is 0.261 e. The summed E-state index contributed by atoms with van der Waals surface area (Å²) in [6, 6.07) is 13.9. The van der Waals surface area contributed by atoms with E-state index >= 15 is 0 Å². The van der Waals surface area contributed by atoms with E-state index in [9.17, 15) is 14.4 Å². The molecule has 2 aromatic carbocycles. The van der Waals surface area contributed by atoms with Gasteiger partial charge in [0.2, 0.25) is 11.0 Å². The second kappa shape index (κ2) is 9.56. The average Bonchev–Trinajstić information content (AvgIpc) is 3.35. The van der Waals surface area contributed by atoms with E-state index in [2.05, 4.69) is 15.5 Å². The fourth-order valence-electron chi connectivity index (χ4n) is 3.17. The fraction of sp³-hybridized carbons (Fsp3) is 0.227. The highest BCUT2D eigenvalue weighted by Gasteiger charge is 2.34. The normalized spacial score (nSPS) is 12.6. The molecule has 0 fully saturated rings. The molecule has 0 spiro atoms. The summed E-state index contributed by atoms with van der Waals surface area (Å²) < 4.78 is 10.8. The molecule has 1 aliphatic heterocycles. The van der Waals surface area contributed by atoms with Crippen LogP contribution in [0.4, 0.5) is 5.13 Å². The molecule has 3 aromatic rings. The third-order valence-electron chi connectivity index (χ3n) is 4.80. The van der Waals surface area contributed by atoms with Gasteiger partial charge in [0.1, 0.15) is 16.5 Å². The highest BCUT2D eigenvalue weighted by atomic mass is 32.1. The summed E-state index contributed by atoms with van der Waals surface area (Å²) in [5.41, 5.74) is 0.729. The number of imide groups is 1. The predicted octanol–water partition coefficient (Wildman–Crippen LogP) is 2.79. The number of amides is 3. The second-order valence-corrected chi connectivity index (χ2v) is 7.94. The van der Waals surface area contributed by atoms with Crippen molar-refractivity contribution < 1.29 is 23.9 Å². The van der Waals surface area contributed by atoms with Gasteiger partial charge in [-0.05, 0) is 36.4 Å². The minimum absolute atomic E-state index is 0.000454. The summed E-state index contributed by atoms with van der Waals surface area (Å²) in [4.78, 5) is 38.1. The molecule has 9 nitrogen and oxygen atoms in total. The van der Waals surface area contributed by atoms with Gasteiger partial charge < -0.3 is 14.8 Å². The summed E-state index contributed by atoms with van der Waals surface area (Å²) in [7, 11) is 1.60. The van der Waals surface area contributed by atoms with Gasteiger partial charge in [-0.1, -0.05) is 23.5 Å². The monoisotopic (exact) mass is 452 g/mol. The molecule has 0 saturated heterocycles. The van der Waals surface area contributed by atoms with Crippen molar-refractivity contribution in [1.29, 1.82) is 0 Å². The van der Waals surface area contributed by atoms with Gasteiger partial charge >= 0.3 is 0 Å². The number of hydrogen-bond acceptors (Lipinski definition) is 8. The number of anilines is 1. The van der Waals surface area contributed by atoms with Crippen LogP contribution < -0.4 is 14.8 Å². The number of nitrogens with one attached hydrogen (secondary N) is 1. The number of hydrogen-bond donors (Lipinski definition) is 1. The Morgan fingerprint density at radius 2 is 1.66 bits per heavy atom. The van der Waals surface area contributed by atoms with Crippen LogP contribution in [0.2, 0.25) is 0 Å². The van der Waals surface area contributed by atoms with Gasteiger partial charge in [-0.15, -0.1) is 10.2 Å². The molecular weight excluding hydrogens is 432 g/mol. The van der Waals surface area contributed by atoms with E-state index in [1.165, 1.54) is 11.3 Å². The van der Waals surface area contributed by atoms with Gasteiger partial charge in [-0.3, -0.25) is 19.3 Å². The minimum Gasteiger partial charge on any atom is -0.497 e. The summed E-state index contributed by atoms with van der Waals surface area (Å²) >= 11 is 1.25. The third-order valence-corrected chi connectivity index (χ3v) is 5.70. The number of methoxy groups -OCH3 is 1. The molecule has 2 heterocycles. The standard InChI is InChI=1S/C22H20N4O5S/c1-30-14-6-8-15(9-7-14)31-13-11-19-24-25-22(32-19)23-18(27)10-12-26-20(28)16-4-2-3-5-17(16)21(26)29/h2-9H,10-13H2,1H3,(H,23,25,27). The lowest BCUT2D eigenvalue weighted by atomic mass is 10.1. The summed E-state index contributed by atoms with van der Waals surface area (Å²) in [5.74, 6) is 0.363. The van der Waals surface area contributed by atoms with Crippen molar-refractivity contribution in [3.63, 3.8) is 0 Å². The van der Waals surface area contributed by atoms with Crippen molar-refractivity contribution >= 4 is 34.2 Å². The van der Waals surface area contributed by atoms with Gasteiger partial charge in [-0.25, -0.2) is 0 Å². The summed E-state index contributed by atoms with van der Waals surface area (Å²) in [5, 5.41) is 11.8. The highest BCUT2D eigenvalue weighted by molar-refractivity contribution is 7.15. The zero-order valence-electron chi connectivity index (χ0n) is 17.2.